The molecule has 3 N–H and O–H groups in total. The van der Waals surface area contributed by atoms with Crippen molar-refractivity contribution >= 4 is 11.6 Å². The van der Waals surface area contributed by atoms with Gasteiger partial charge in [-0.25, -0.2) is 0 Å². The van der Waals surface area contributed by atoms with Gasteiger partial charge in [0, 0.05) is 18.2 Å². The van der Waals surface area contributed by atoms with E-state index in [2.05, 4.69) is 5.32 Å². The highest BCUT2D eigenvalue weighted by molar-refractivity contribution is 5.96. The van der Waals surface area contributed by atoms with Crippen molar-refractivity contribution in [1.29, 1.82) is 0 Å². The summed E-state index contributed by atoms with van der Waals surface area (Å²) in [5.41, 5.74) is 6.04. The Morgan fingerprint density at radius 2 is 1.88 bits per heavy atom. The molecule has 8 nitrogen and oxygen atoms in total. The van der Waals surface area contributed by atoms with E-state index in [1.54, 1.807) is 0 Å². The van der Waals surface area contributed by atoms with E-state index in [4.69, 9.17) is 15.2 Å². The monoisotopic (exact) mass is 363 g/mol. The van der Waals surface area contributed by atoms with Gasteiger partial charge in [0.1, 0.15) is 0 Å². The number of carbonyl (C=O) groups excluding carboxylic acids is 1. The molecule has 142 valence electrons. The fraction of sp³-hybridized carbons (Fsp3) is 0.611. The van der Waals surface area contributed by atoms with Gasteiger partial charge in [0.2, 0.25) is 5.75 Å². The maximum absolute atomic E-state index is 12.8. The summed E-state index contributed by atoms with van der Waals surface area (Å²) in [5, 5.41) is 14.4. The van der Waals surface area contributed by atoms with E-state index >= 15 is 0 Å². The van der Waals surface area contributed by atoms with Crippen LogP contribution in [0.3, 0.4) is 0 Å². The van der Waals surface area contributed by atoms with E-state index in [0.29, 0.717) is 11.8 Å². The number of ether oxygens (including phenoxy) is 2. The summed E-state index contributed by atoms with van der Waals surface area (Å²) in [6, 6.07) is 2.98. The van der Waals surface area contributed by atoms with Crippen LogP contribution in [-0.4, -0.2) is 37.1 Å². The van der Waals surface area contributed by atoms with Crippen molar-refractivity contribution in [2.45, 2.75) is 44.2 Å². The minimum atomic E-state index is -0.577. The maximum atomic E-state index is 12.8. The number of methoxy groups -OCH3 is 2. The Morgan fingerprint density at radius 3 is 2.42 bits per heavy atom. The molecule has 8 heteroatoms. The molecule has 0 aromatic heterocycles. The van der Waals surface area contributed by atoms with Crippen LogP contribution in [0.5, 0.6) is 11.5 Å². The van der Waals surface area contributed by atoms with Crippen LogP contribution in [0.4, 0.5) is 5.69 Å². The molecule has 1 amide bonds. The van der Waals surface area contributed by atoms with E-state index < -0.39 is 4.92 Å². The minimum absolute atomic E-state index is 0.00885. The lowest BCUT2D eigenvalue weighted by molar-refractivity contribution is -0.385. The fourth-order valence-corrected chi connectivity index (χ4v) is 4.47. The van der Waals surface area contributed by atoms with E-state index in [9.17, 15) is 14.9 Å². The molecule has 2 atom stereocenters. The van der Waals surface area contributed by atoms with Crippen molar-refractivity contribution in [2.24, 2.45) is 17.6 Å². The zero-order chi connectivity index (χ0) is 18.8. The number of rotatable bonds is 5. The minimum Gasteiger partial charge on any atom is -0.493 e. The van der Waals surface area contributed by atoms with Crippen molar-refractivity contribution in [3.63, 3.8) is 0 Å². The molecular weight excluding hydrogens is 338 g/mol. The number of carbonyl (C=O) groups is 1. The lowest BCUT2D eigenvalue weighted by Gasteiger charge is -2.45. The first-order chi connectivity index (χ1) is 12.4. The third-order valence-electron chi connectivity index (χ3n) is 5.59. The molecule has 1 aromatic rings. The van der Waals surface area contributed by atoms with Crippen molar-refractivity contribution in [2.75, 3.05) is 14.2 Å². The smallest absolute Gasteiger partial charge is 0.315 e. The molecule has 2 aliphatic carbocycles. The summed E-state index contributed by atoms with van der Waals surface area (Å²) in [7, 11) is 2.72. The molecule has 26 heavy (non-hydrogen) atoms. The quantitative estimate of drug-likeness (QED) is 0.612. The van der Waals surface area contributed by atoms with Crippen LogP contribution in [0.25, 0.3) is 0 Å². The number of benzene rings is 1. The van der Waals surface area contributed by atoms with Crippen LogP contribution in [0.1, 0.15) is 42.5 Å². The molecule has 2 saturated carbocycles. The van der Waals surface area contributed by atoms with Gasteiger partial charge < -0.3 is 20.5 Å². The first-order valence-electron chi connectivity index (χ1n) is 8.91. The van der Waals surface area contributed by atoms with Gasteiger partial charge in [0.05, 0.1) is 24.7 Å². The summed E-state index contributed by atoms with van der Waals surface area (Å²) in [4.78, 5) is 23.6. The Morgan fingerprint density at radius 1 is 1.23 bits per heavy atom. The molecule has 0 heterocycles. The molecule has 2 unspecified atom stereocenters. The highest BCUT2D eigenvalue weighted by Gasteiger charge is 2.40. The van der Waals surface area contributed by atoms with Gasteiger partial charge in [-0.05, 0) is 43.6 Å². The predicted octanol–water partition coefficient (Wildman–Crippen LogP) is 2.25. The van der Waals surface area contributed by atoms with E-state index in [-0.39, 0.29) is 40.7 Å². The Balaban J connectivity index is 1.86. The number of nitrogens with zero attached hydrogens (tertiary/aromatic N) is 1. The number of hydrogen-bond acceptors (Lipinski definition) is 6. The molecule has 0 saturated heterocycles. The lowest BCUT2D eigenvalue weighted by atomic mass is 9.67. The predicted molar refractivity (Wildman–Crippen MR) is 95.5 cm³/mol. The SMILES string of the molecule is COc1cc(C(=O)NC2C3CCCC2CC(N)C3)cc([N+](=O)[O-])c1OC. The normalized spacial score (nSPS) is 27.5. The Bertz CT molecular complexity index is 694. The average molecular weight is 363 g/mol. The largest absolute Gasteiger partial charge is 0.493 e. The third-order valence-corrected chi connectivity index (χ3v) is 5.59. The zero-order valence-electron chi connectivity index (χ0n) is 15.1. The summed E-state index contributed by atoms with van der Waals surface area (Å²) in [5.74, 6) is 0.590. The highest BCUT2D eigenvalue weighted by atomic mass is 16.6. The molecule has 2 fully saturated rings. The highest BCUT2D eigenvalue weighted by Crippen LogP contribution is 2.41. The van der Waals surface area contributed by atoms with Crippen molar-refractivity contribution in [3.8, 4) is 11.5 Å². The number of hydrogen-bond donors (Lipinski definition) is 2. The Labute approximate surface area is 152 Å². The third kappa shape index (κ3) is 3.46. The van der Waals surface area contributed by atoms with Crippen molar-refractivity contribution in [3.05, 3.63) is 27.8 Å². The van der Waals surface area contributed by atoms with Crippen LogP contribution in [0.2, 0.25) is 0 Å². The molecule has 3 rings (SSSR count). The molecule has 0 aliphatic heterocycles. The molecule has 0 radical (unpaired) electrons. The standard InChI is InChI=1S/C18H25N3O5/c1-25-15-9-12(8-14(21(23)24)17(15)26-2)18(22)20-16-10-4-3-5-11(16)7-13(19)6-10/h8-11,13,16H,3-7,19H2,1-2H3,(H,20,22). The van der Waals surface area contributed by atoms with Crippen LogP contribution in [-0.2, 0) is 0 Å². The number of fused-ring (bicyclic) bond motifs is 2. The van der Waals surface area contributed by atoms with E-state index in [1.807, 2.05) is 0 Å². The van der Waals surface area contributed by atoms with Gasteiger partial charge in [0.15, 0.2) is 5.75 Å². The molecule has 2 aliphatic rings. The average Bonchev–Trinajstić information content (AvgIpc) is 2.60. The van der Waals surface area contributed by atoms with Gasteiger partial charge in [-0.1, -0.05) is 6.42 Å². The summed E-state index contributed by atoms with van der Waals surface area (Å²) in [6.07, 6.45) is 5.10. The maximum Gasteiger partial charge on any atom is 0.315 e. The molecule has 0 spiro atoms. The number of nitro groups is 1. The second-order valence-corrected chi connectivity index (χ2v) is 7.17. The van der Waals surface area contributed by atoms with E-state index in [1.165, 1.54) is 26.4 Å². The van der Waals surface area contributed by atoms with Crippen molar-refractivity contribution in [1.82, 2.24) is 5.32 Å². The van der Waals surface area contributed by atoms with Crippen LogP contribution < -0.4 is 20.5 Å². The number of nitro benzene ring substituents is 1. The van der Waals surface area contributed by atoms with Crippen LogP contribution >= 0.6 is 0 Å². The Hall–Kier alpha value is -2.35. The van der Waals surface area contributed by atoms with Crippen LogP contribution in [0.15, 0.2) is 12.1 Å². The number of nitrogens with two attached hydrogens (primary N) is 1. The number of amides is 1. The number of nitrogens with one attached hydrogen (secondary N) is 1. The summed E-state index contributed by atoms with van der Waals surface area (Å²) >= 11 is 0. The lowest BCUT2D eigenvalue weighted by Crippen LogP contribution is -2.53. The van der Waals surface area contributed by atoms with Gasteiger partial charge in [0.25, 0.3) is 5.91 Å². The van der Waals surface area contributed by atoms with Crippen LogP contribution in [0, 0.1) is 22.0 Å². The second-order valence-electron chi connectivity index (χ2n) is 7.17. The Kier molecular flexibility index (Phi) is 5.31. The second kappa shape index (κ2) is 7.49. The van der Waals surface area contributed by atoms with Crippen molar-refractivity contribution < 1.29 is 19.2 Å². The van der Waals surface area contributed by atoms with E-state index in [0.717, 1.165) is 32.1 Å². The van der Waals surface area contributed by atoms with Gasteiger partial charge in [-0.15, -0.1) is 0 Å². The zero-order valence-corrected chi connectivity index (χ0v) is 15.1. The fourth-order valence-electron chi connectivity index (χ4n) is 4.47. The van der Waals surface area contributed by atoms with Gasteiger partial charge >= 0.3 is 5.69 Å². The molecule has 2 bridgehead atoms. The summed E-state index contributed by atoms with van der Waals surface area (Å²) < 4.78 is 10.2. The topological polar surface area (TPSA) is 117 Å². The van der Waals surface area contributed by atoms with Gasteiger partial charge in [-0.3, -0.25) is 14.9 Å². The van der Waals surface area contributed by atoms with Gasteiger partial charge in [-0.2, -0.15) is 0 Å². The first kappa shape index (κ1) is 18.4. The molecule has 1 aromatic carbocycles. The summed E-state index contributed by atoms with van der Waals surface area (Å²) in [6.45, 7) is 0. The first-order valence-corrected chi connectivity index (χ1v) is 8.91. The molecular formula is C18H25N3O5.